The van der Waals surface area contributed by atoms with Crippen molar-refractivity contribution in [2.75, 3.05) is 39.8 Å². The van der Waals surface area contributed by atoms with Crippen LogP contribution < -0.4 is 10.2 Å². The van der Waals surface area contributed by atoms with Gasteiger partial charge in [0.1, 0.15) is 5.75 Å². The van der Waals surface area contributed by atoms with Gasteiger partial charge in [-0.15, -0.1) is 0 Å². The van der Waals surface area contributed by atoms with Gasteiger partial charge in [-0.05, 0) is 32.2 Å². The molecule has 7 heteroatoms. The highest BCUT2D eigenvalue weighted by Gasteiger charge is 2.17. The van der Waals surface area contributed by atoms with E-state index in [1.165, 1.54) is 0 Å². The second kappa shape index (κ2) is 9.96. The highest BCUT2D eigenvalue weighted by molar-refractivity contribution is 5.95. The van der Waals surface area contributed by atoms with Crippen LogP contribution in [0.25, 0.3) is 0 Å². The summed E-state index contributed by atoms with van der Waals surface area (Å²) in [5.74, 6) is 0.552. The standard InChI is InChI=1S/C21H27N5O2/c1-3-28-20-18(15-23-24-21(27)17-7-9-22-10-8-17)5-4-6-19(20)16-26-13-11-25(2)12-14-26/h4-10,15H,3,11-14,16H2,1-2H3,(H,24,27)/b23-15+. The fraction of sp³-hybridized carbons (Fsp3) is 0.381. The molecule has 1 saturated heterocycles. The number of nitrogens with zero attached hydrogens (tertiary/aromatic N) is 4. The van der Waals surface area contributed by atoms with Gasteiger partial charge in [-0.1, -0.05) is 12.1 Å². The largest absolute Gasteiger partial charge is 0.493 e. The molecule has 0 spiro atoms. The van der Waals surface area contributed by atoms with E-state index in [0.717, 1.165) is 49.6 Å². The smallest absolute Gasteiger partial charge is 0.271 e. The highest BCUT2D eigenvalue weighted by atomic mass is 16.5. The van der Waals surface area contributed by atoms with Crippen LogP contribution >= 0.6 is 0 Å². The number of ether oxygens (including phenoxy) is 1. The number of amides is 1. The van der Waals surface area contributed by atoms with Crippen LogP contribution in [-0.4, -0.2) is 66.7 Å². The predicted octanol–water partition coefficient (Wildman–Crippen LogP) is 1.99. The van der Waals surface area contributed by atoms with E-state index in [2.05, 4.69) is 38.4 Å². The minimum atomic E-state index is -0.273. The zero-order valence-electron chi connectivity index (χ0n) is 16.5. The van der Waals surface area contributed by atoms with Crippen molar-refractivity contribution >= 4 is 12.1 Å². The number of pyridine rings is 1. The van der Waals surface area contributed by atoms with Crippen molar-refractivity contribution in [3.63, 3.8) is 0 Å². The number of piperazine rings is 1. The van der Waals surface area contributed by atoms with E-state index in [1.807, 2.05) is 19.1 Å². The van der Waals surface area contributed by atoms with Gasteiger partial charge in [0.25, 0.3) is 5.91 Å². The zero-order valence-corrected chi connectivity index (χ0v) is 16.5. The Labute approximate surface area is 166 Å². The van der Waals surface area contributed by atoms with E-state index in [9.17, 15) is 4.79 Å². The van der Waals surface area contributed by atoms with Gasteiger partial charge in [-0.2, -0.15) is 5.10 Å². The molecule has 0 unspecified atom stereocenters. The third-order valence-electron chi connectivity index (χ3n) is 4.72. The Kier molecular flexibility index (Phi) is 7.11. The Bertz CT molecular complexity index is 802. The fourth-order valence-corrected chi connectivity index (χ4v) is 3.13. The maximum absolute atomic E-state index is 12.1. The second-order valence-electron chi connectivity index (χ2n) is 6.78. The Morgan fingerprint density at radius 3 is 2.68 bits per heavy atom. The molecule has 1 aromatic carbocycles. The summed E-state index contributed by atoms with van der Waals surface area (Å²) >= 11 is 0. The lowest BCUT2D eigenvalue weighted by Gasteiger charge is -2.32. The molecule has 3 rings (SSSR count). The average Bonchev–Trinajstić information content (AvgIpc) is 2.72. The van der Waals surface area contributed by atoms with Crippen LogP contribution in [0.15, 0.2) is 47.8 Å². The minimum absolute atomic E-state index is 0.273. The molecule has 0 aliphatic carbocycles. The first-order valence-corrected chi connectivity index (χ1v) is 9.56. The lowest BCUT2D eigenvalue weighted by molar-refractivity contribution is 0.0955. The lowest BCUT2D eigenvalue weighted by Crippen LogP contribution is -2.43. The van der Waals surface area contributed by atoms with Crippen LogP contribution in [0.4, 0.5) is 0 Å². The molecule has 0 bridgehead atoms. The van der Waals surface area contributed by atoms with E-state index >= 15 is 0 Å². The molecule has 1 amide bonds. The summed E-state index contributed by atoms with van der Waals surface area (Å²) in [6.07, 6.45) is 4.79. The Hall–Kier alpha value is -2.77. The molecular formula is C21H27N5O2. The predicted molar refractivity (Wildman–Crippen MR) is 110 cm³/mol. The maximum Gasteiger partial charge on any atom is 0.271 e. The van der Waals surface area contributed by atoms with E-state index < -0.39 is 0 Å². The van der Waals surface area contributed by atoms with Gasteiger partial charge in [-0.25, -0.2) is 5.43 Å². The van der Waals surface area contributed by atoms with Crippen molar-refractivity contribution in [2.45, 2.75) is 13.5 Å². The molecule has 0 radical (unpaired) electrons. The molecule has 0 atom stereocenters. The molecule has 1 aromatic heterocycles. The van der Waals surface area contributed by atoms with Crippen LogP contribution in [0.3, 0.4) is 0 Å². The molecule has 1 fully saturated rings. The summed E-state index contributed by atoms with van der Waals surface area (Å²) in [5, 5.41) is 4.11. The van der Waals surface area contributed by atoms with Gasteiger partial charge >= 0.3 is 0 Å². The molecule has 1 aliphatic heterocycles. The first-order chi connectivity index (χ1) is 13.7. The van der Waals surface area contributed by atoms with E-state index in [0.29, 0.717) is 12.2 Å². The first kappa shape index (κ1) is 20.0. The normalized spacial score (nSPS) is 15.6. The van der Waals surface area contributed by atoms with Crippen molar-refractivity contribution in [3.8, 4) is 5.75 Å². The van der Waals surface area contributed by atoms with Crippen LogP contribution in [-0.2, 0) is 6.54 Å². The van der Waals surface area contributed by atoms with Crippen molar-refractivity contribution in [1.82, 2.24) is 20.2 Å². The van der Waals surface area contributed by atoms with Gasteiger partial charge in [-0.3, -0.25) is 14.7 Å². The van der Waals surface area contributed by atoms with Crippen LogP contribution in [0.5, 0.6) is 5.75 Å². The lowest BCUT2D eigenvalue weighted by atomic mass is 10.1. The first-order valence-electron chi connectivity index (χ1n) is 9.56. The number of nitrogens with one attached hydrogen (secondary N) is 1. The number of carbonyl (C=O) groups excluding carboxylic acids is 1. The SMILES string of the molecule is CCOc1c(/C=N/NC(=O)c2ccncc2)cccc1CN1CCN(C)CC1. The zero-order chi connectivity index (χ0) is 19.8. The number of hydrogen-bond acceptors (Lipinski definition) is 6. The summed E-state index contributed by atoms with van der Waals surface area (Å²) < 4.78 is 5.92. The number of hydrogen-bond donors (Lipinski definition) is 1. The molecular weight excluding hydrogens is 354 g/mol. The highest BCUT2D eigenvalue weighted by Crippen LogP contribution is 2.25. The van der Waals surface area contributed by atoms with E-state index in [4.69, 9.17) is 4.74 Å². The number of rotatable bonds is 7. The molecule has 28 heavy (non-hydrogen) atoms. The van der Waals surface area contributed by atoms with Gasteiger partial charge in [0.2, 0.25) is 0 Å². The van der Waals surface area contributed by atoms with Gasteiger partial charge in [0.05, 0.1) is 12.8 Å². The Morgan fingerprint density at radius 1 is 1.21 bits per heavy atom. The monoisotopic (exact) mass is 381 g/mol. The fourth-order valence-electron chi connectivity index (χ4n) is 3.13. The van der Waals surface area contributed by atoms with Gasteiger partial charge < -0.3 is 9.64 Å². The molecule has 1 aliphatic rings. The summed E-state index contributed by atoms with van der Waals surface area (Å²) in [7, 11) is 2.15. The summed E-state index contributed by atoms with van der Waals surface area (Å²) in [4.78, 5) is 20.8. The van der Waals surface area contributed by atoms with E-state index in [-0.39, 0.29) is 5.91 Å². The average molecular weight is 381 g/mol. The number of hydrazone groups is 1. The number of para-hydroxylation sites is 1. The second-order valence-corrected chi connectivity index (χ2v) is 6.78. The molecule has 2 aromatic rings. The third kappa shape index (κ3) is 5.37. The summed E-state index contributed by atoms with van der Waals surface area (Å²) in [6, 6.07) is 9.33. The third-order valence-corrected chi connectivity index (χ3v) is 4.72. The quantitative estimate of drug-likeness (QED) is 0.587. The van der Waals surface area contributed by atoms with Crippen LogP contribution in [0.2, 0.25) is 0 Å². The Balaban J connectivity index is 1.70. The maximum atomic E-state index is 12.1. The number of carbonyl (C=O) groups is 1. The summed E-state index contributed by atoms with van der Waals surface area (Å²) in [6.45, 7) is 7.63. The van der Waals surface area contributed by atoms with Gasteiger partial charge in [0, 0.05) is 61.8 Å². The topological polar surface area (TPSA) is 70.1 Å². The summed E-state index contributed by atoms with van der Waals surface area (Å²) in [5.41, 5.74) is 5.05. The minimum Gasteiger partial charge on any atom is -0.493 e. The molecule has 1 N–H and O–H groups in total. The molecule has 7 nitrogen and oxygen atoms in total. The number of likely N-dealkylation sites (N-methyl/N-ethyl adjacent to an activating group) is 1. The van der Waals surface area contributed by atoms with Crippen LogP contribution in [0, 0.1) is 0 Å². The number of aromatic nitrogens is 1. The van der Waals surface area contributed by atoms with E-state index in [1.54, 1.807) is 30.7 Å². The van der Waals surface area contributed by atoms with Crippen molar-refractivity contribution < 1.29 is 9.53 Å². The van der Waals surface area contributed by atoms with Crippen molar-refractivity contribution in [2.24, 2.45) is 5.10 Å². The Morgan fingerprint density at radius 2 is 1.96 bits per heavy atom. The van der Waals surface area contributed by atoms with Crippen molar-refractivity contribution in [3.05, 3.63) is 59.4 Å². The molecule has 0 saturated carbocycles. The molecule has 2 heterocycles. The molecule has 148 valence electrons. The van der Waals surface area contributed by atoms with Gasteiger partial charge in [0.15, 0.2) is 0 Å². The van der Waals surface area contributed by atoms with Crippen LogP contribution in [0.1, 0.15) is 28.4 Å². The number of benzene rings is 1. The van der Waals surface area contributed by atoms with Crippen molar-refractivity contribution in [1.29, 1.82) is 0 Å².